The lowest BCUT2D eigenvalue weighted by Crippen LogP contribution is -2.17. The van der Waals surface area contributed by atoms with Crippen LogP contribution in [0.25, 0.3) is 0 Å². The highest BCUT2D eigenvalue weighted by Crippen LogP contribution is 2.41. The van der Waals surface area contributed by atoms with Crippen LogP contribution in [0.2, 0.25) is 0 Å². The second kappa shape index (κ2) is 23.2. The zero-order valence-corrected chi connectivity index (χ0v) is 34.6. The summed E-state index contributed by atoms with van der Waals surface area (Å²) in [5.74, 6) is -0.309. The van der Waals surface area contributed by atoms with Crippen molar-refractivity contribution in [3.8, 4) is 0 Å². The van der Waals surface area contributed by atoms with E-state index in [2.05, 4.69) is 13.8 Å². The third-order valence-electron chi connectivity index (χ3n) is 10.5. The first-order chi connectivity index (χ1) is 25.1. The van der Waals surface area contributed by atoms with E-state index >= 15 is 0 Å². The molecule has 0 aliphatic rings. The van der Waals surface area contributed by atoms with Crippen molar-refractivity contribution in [2.45, 2.75) is 194 Å². The van der Waals surface area contributed by atoms with Gasteiger partial charge in [0.15, 0.2) is 0 Å². The monoisotopic (exact) mass is 751 g/mol. The molecule has 3 aromatic rings. The number of unbranched alkanes of at least 4 members (excludes halogenated alkanes) is 18. The normalized spacial score (nSPS) is 12.2. The first kappa shape index (κ1) is 43.8. The molecule has 5 nitrogen and oxygen atoms in total. The van der Waals surface area contributed by atoms with E-state index in [4.69, 9.17) is 5.73 Å². The Kier molecular flexibility index (Phi) is 19.5. The van der Waals surface area contributed by atoms with E-state index in [0.717, 1.165) is 49.7 Å². The molecule has 52 heavy (non-hydrogen) atoms. The Morgan fingerprint density at radius 3 is 1.23 bits per heavy atom. The Morgan fingerprint density at radius 1 is 0.462 bits per heavy atom. The van der Waals surface area contributed by atoms with Gasteiger partial charge in [0, 0.05) is 5.69 Å². The van der Waals surface area contributed by atoms with Gasteiger partial charge in [-0.2, -0.15) is 0 Å². The van der Waals surface area contributed by atoms with Crippen molar-refractivity contribution < 1.29 is 16.8 Å². The van der Waals surface area contributed by atoms with Crippen LogP contribution < -0.4 is 5.73 Å². The van der Waals surface area contributed by atoms with Gasteiger partial charge in [-0.3, -0.25) is 0 Å². The first-order valence-electron chi connectivity index (χ1n) is 20.7. The van der Waals surface area contributed by atoms with Crippen LogP contribution in [0.1, 0.15) is 179 Å². The maximum atomic E-state index is 14.8. The molecule has 0 spiro atoms. The van der Waals surface area contributed by atoms with Gasteiger partial charge in [0.2, 0.25) is 19.7 Å². The summed E-state index contributed by atoms with van der Waals surface area (Å²) in [6.45, 7) is 8.22. The number of anilines is 1. The number of rotatable bonds is 27. The van der Waals surface area contributed by atoms with Crippen molar-refractivity contribution >= 4 is 25.4 Å². The first-order valence-corrected chi connectivity index (χ1v) is 23.6. The average Bonchev–Trinajstić information content (AvgIpc) is 3.13. The highest BCUT2D eigenvalue weighted by molar-refractivity contribution is 7.94. The minimum Gasteiger partial charge on any atom is -0.398 e. The lowest BCUT2D eigenvalue weighted by Gasteiger charge is -2.22. The lowest BCUT2D eigenvalue weighted by molar-refractivity contribution is 0.554. The maximum Gasteiger partial charge on any atom is 0.208 e. The molecule has 0 fully saturated rings. The summed E-state index contributed by atoms with van der Waals surface area (Å²) in [5.41, 5.74) is 8.58. The average molecular weight is 752 g/mol. The molecule has 0 unspecified atom stereocenters. The highest BCUT2D eigenvalue weighted by Gasteiger charge is 2.35. The number of nitrogen functional groups attached to an aromatic ring is 1. The van der Waals surface area contributed by atoms with Crippen LogP contribution in [-0.2, 0) is 32.5 Å². The fourth-order valence-corrected chi connectivity index (χ4v) is 11.7. The standard InChI is InChI=1S/C45H69NO4S2/c1-5-7-9-11-13-15-17-19-21-23-29-38-31-25-27-33-41(38)51(47,48)43-36-35-40(46)44(37(3)4)45(43)52(49,50)42-34-28-26-32-39(42)30-24-22-20-18-16-14-12-10-8-6-2/h25-28,31-37H,5-24,29-30,46H2,1-4H3. The van der Waals surface area contributed by atoms with Crippen LogP contribution in [0.15, 0.2) is 80.2 Å². The molecule has 0 bridgehead atoms. The van der Waals surface area contributed by atoms with E-state index in [9.17, 15) is 16.8 Å². The van der Waals surface area contributed by atoms with Crippen molar-refractivity contribution in [1.29, 1.82) is 0 Å². The smallest absolute Gasteiger partial charge is 0.208 e. The molecular formula is C45H69NO4S2. The molecule has 0 saturated carbocycles. The summed E-state index contributed by atoms with van der Waals surface area (Å²) < 4.78 is 59.0. The van der Waals surface area contributed by atoms with Crippen LogP contribution in [0.5, 0.6) is 0 Å². The molecule has 3 aromatic carbocycles. The summed E-state index contributed by atoms with van der Waals surface area (Å²) in [6.07, 6.45) is 25.3. The molecule has 0 saturated heterocycles. The van der Waals surface area contributed by atoms with Gasteiger partial charge >= 0.3 is 0 Å². The van der Waals surface area contributed by atoms with E-state index in [0.29, 0.717) is 24.1 Å². The summed E-state index contributed by atoms with van der Waals surface area (Å²) in [5, 5.41) is 0. The maximum absolute atomic E-state index is 14.8. The van der Waals surface area contributed by atoms with Crippen LogP contribution in [-0.4, -0.2) is 16.8 Å². The fourth-order valence-electron chi connectivity index (χ4n) is 7.46. The molecule has 0 atom stereocenters. The Bertz CT molecular complexity index is 1700. The highest BCUT2D eigenvalue weighted by atomic mass is 32.2. The quantitative estimate of drug-likeness (QED) is 0.0618. The molecule has 290 valence electrons. The number of hydrogen-bond donors (Lipinski definition) is 1. The molecule has 0 heterocycles. The SMILES string of the molecule is CCCCCCCCCCCCc1ccccc1S(=O)(=O)c1ccc(N)c(C(C)C)c1S(=O)(=O)c1ccccc1CCCCCCCCCCCC. The number of nitrogens with two attached hydrogens (primary N) is 1. The second-order valence-corrected chi connectivity index (χ2v) is 18.9. The number of benzene rings is 3. The Morgan fingerprint density at radius 2 is 0.827 bits per heavy atom. The van der Waals surface area contributed by atoms with Gasteiger partial charge in [0.25, 0.3) is 0 Å². The van der Waals surface area contributed by atoms with Crippen molar-refractivity contribution in [3.63, 3.8) is 0 Å². The minimum absolute atomic E-state index is 0.174. The second-order valence-electron chi connectivity index (χ2n) is 15.1. The topological polar surface area (TPSA) is 94.3 Å². The van der Waals surface area contributed by atoms with Gasteiger partial charge in [-0.05, 0) is 72.6 Å². The van der Waals surface area contributed by atoms with E-state index < -0.39 is 19.7 Å². The largest absolute Gasteiger partial charge is 0.398 e. The Hall–Kier alpha value is -2.64. The third kappa shape index (κ3) is 13.0. The predicted molar refractivity (Wildman–Crippen MR) is 220 cm³/mol. The van der Waals surface area contributed by atoms with Gasteiger partial charge in [0.05, 0.1) is 19.6 Å². The molecule has 2 N–H and O–H groups in total. The van der Waals surface area contributed by atoms with Crippen LogP contribution in [0, 0.1) is 0 Å². The summed E-state index contributed by atoms with van der Waals surface area (Å²) in [6, 6.07) is 17.2. The van der Waals surface area contributed by atoms with Crippen molar-refractivity contribution in [2.75, 3.05) is 5.73 Å². The Labute approximate surface area is 318 Å². The van der Waals surface area contributed by atoms with Gasteiger partial charge in [-0.1, -0.05) is 180 Å². The van der Waals surface area contributed by atoms with E-state index in [1.54, 1.807) is 30.3 Å². The minimum atomic E-state index is -4.26. The van der Waals surface area contributed by atoms with Crippen molar-refractivity contribution in [1.82, 2.24) is 0 Å². The van der Waals surface area contributed by atoms with E-state index in [-0.39, 0.29) is 25.5 Å². The number of aryl methyl sites for hydroxylation is 2. The number of hydrogen-bond acceptors (Lipinski definition) is 5. The molecule has 3 rings (SSSR count). The number of sulfone groups is 2. The molecular weight excluding hydrogens is 683 g/mol. The van der Waals surface area contributed by atoms with Crippen molar-refractivity contribution in [2.24, 2.45) is 0 Å². The summed E-state index contributed by atoms with van der Waals surface area (Å²) in [4.78, 5) is -0.00421. The van der Waals surface area contributed by atoms with Gasteiger partial charge in [0.1, 0.15) is 0 Å². The third-order valence-corrected chi connectivity index (χ3v) is 14.4. The van der Waals surface area contributed by atoms with Crippen LogP contribution in [0.4, 0.5) is 5.69 Å². The summed E-state index contributed by atoms with van der Waals surface area (Å²) in [7, 11) is -8.47. The predicted octanol–water partition coefficient (Wildman–Crippen LogP) is 13.0. The fraction of sp³-hybridized carbons (Fsp3) is 0.600. The summed E-state index contributed by atoms with van der Waals surface area (Å²) >= 11 is 0. The molecule has 7 heteroatoms. The zero-order valence-electron chi connectivity index (χ0n) is 32.9. The van der Waals surface area contributed by atoms with E-state index in [1.807, 2.05) is 38.1 Å². The van der Waals surface area contributed by atoms with Crippen molar-refractivity contribution in [3.05, 3.63) is 77.4 Å². The molecule has 0 aliphatic heterocycles. The van der Waals surface area contributed by atoms with Gasteiger partial charge in [-0.25, -0.2) is 16.8 Å². The lowest BCUT2D eigenvalue weighted by atomic mass is 10.0. The van der Waals surface area contributed by atoms with E-state index in [1.165, 1.54) is 96.0 Å². The zero-order chi connectivity index (χ0) is 37.8. The van der Waals surface area contributed by atoms with Gasteiger partial charge in [-0.15, -0.1) is 0 Å². The van der Waals surface area contributed by atoms with Crippen LogP contribution in [0.3, 0.4) is 0 Å². The molecule has 0 aromatic heterocycles. The molecule has 0 radical (unpaired) electrons. The Balaban J connectivity index is 1.83. The van der Waals surface area contributed by atoms with Crippen LogP contribution >= 0.6 is 0 Å². The molecule has 0 amide bonds. The molecule has 0 aliphatic carbocycles. The van der Waals surface area contributed by atoms with Gasteiger partial charge < -0.3 is 5.73 Å².